The van der Waals surface area contributed by atoms with Crippen molar-refractivity contribution in [2.24, 2.45) is 0 Å². The Morgan fingerprint density at radius 2 is 2.28 bits per heavy atom. The van der Waals surface area contributed by atoms with Gasteiger partial charge in [-0.25, -0.2) is 4.98 Å². The molecule has 100 valence electrons. The number of pyridine rings is 1. The van der Waals surface area contributed by atoms with Crippen LogP contribution in [0.5, 0.6) is 5.88 Å². The van der Waals surface area contributed by atoms with Gasteiger partial charge in [0.1, 0.15) is 5.69 Å². The number of thioether (sulfide) groups is 1. The maximum absolute atomic E-state index is 5.37. The molecule has 1 aromatic rings. The Hall–Kier alpha value is -1.10. The summed E-state index contributed by atoms with van der Waals surface area (Å²) < 4.78 is 5.37. The minimum absolute atomic E-state index is 0.492. The van der Waals surface area contributed by atoms with Crippen LogP contribution < -0.4 is 15.0 Å². The van der Waals surface area contributed by atoms with Crippen molar-refractivity contribution in [3.05, 3.63) is 12.3 Å². The number of anilines is 2. The summed E-state index contributed by atoms with van der Waals surface area (Å²) in [6.07, 6.45) is 2.98. The second kappa shape index (κ2) is 5.69. The number of nitrogens with zero attached hydrogens (tertiary/aromatic N) is 2. The van der Waals surface area contributed by atoms with E-state index in [2.05, 4.69) is 22.1 Å². The summed E-state index contributed by atoms with van der Waals surface area (Å²) >= 11 is 2.01. The van der Waals surface area contributed by atoms with Crippen molar-refractivity contribution < 1.29 is 4.74 Å². The molecule has 0 amide bonds. The van der Waals surface area contributed by atoms with E-state index in [1.165, 1.54) is 12.2 Å². The fraction of sp³-hybridized carbons (Fsp3) is 0.615. The molecule has 0 bridgehead atoms. The molecule has 1 saturated heterocycles. The van der Waals surface area contributed by atoms with Crippen LogP contribution in [0.3, 0.4) is 0 Å². The van der Waals surface area contributed by atoms with Gasteiger partial charge >= 0.3 is 0 Å². The fourth-order valence-corrected chi connectivity index (χ4v) is 3.40. The minimum atomic E-state index is 0.492. The van der Waals surface area contributed by atoms with E-state index < -0.39 is 0 Å². The van der Waals surface area contributed by atoms with Crippen LogP contribution in [0.4, 0.5) is 11.4 Å². The molecule has 2 heterocycles. The molecule has 1 fully saturated rings. The lowest BCUT2D eigenvalue weighted by atomic mass is 10.1. The highest BCUT2D eigenvalue weighted by atomic mass is 32.2. The smallest absolute Gasteiger partial charge is 0.239 e. The highest BCUT2D eigenvalue weighted by Crippen LogP contribution is 2.36. The Balaban J connectivity index is 2.29. The van der Waals surface area contributed by atoms with Crippen LogP contribution in [-0.4, -0.2) is 43.2 Å². The monoisotopic (exact) mass is 267 g/mol. The molecule has 0 aliphatic carbocycles. The molecule has 2 atom stereocenters. The van der Waals surface area contributed by atoms with Crippen molar-refractivity contribution in [2.75, 3.05) is 37.2 Å². The quantitative estimate of drug-likeness (QED) is 0.907. The van der Waals surface area contributed by atoms with E-state index >= 15 is 0 Å². The molecule has 2 unspecified atom stereocenters. The third-order valence-corrected chi connectivity index (χ3v) is 4.60. The highest BCUT2D eigenvalue weighted by molar-refractivity contribution is 8.00. The van der Waals surface area contributed by atoms with Gasteiger partial charge < -0.3 is 15.0 Å². The van der Waals surface area contributed by atoms with E-state index in [0.29, 0.717) is 17.2 Å². The third-order valence-electron chi connectivity index (χ3n) is 3.28. The minimum Gasteiger partial charge on any atom is -0.479 e. The molecule has 1 N–H and O–H groups in total. The van der Waals surface area contributed by atoms with Crippen LogP contribution >= 0.6 is 11.8 Å². The van der Waals surface area contributed by atoms with Crippen LogP contribution in [0.1, 0.15) is 13.3 Å². The third kappa shape index (κ3) is 2.66. The number of hydrogen-bond donors (Lipinski definition) is 1. The van der Waals surface area contributed by atoms with Gasteiger partial charge in [0.05, 0.1) is 12.8 Å². The van der Waals surface area contributed by atoms with Crippen molar-refractivity contribution in [2.45, 2.75) is 24.6 Å². The SMILES string of the molecule is COc1nccc(N(C)C)c1NC1CCSC1C. The van der Waals surface area contributed by atoms with Crippen LogP contribution in [-0.2, 0) is 0 Å². The number of aromatic nitrogens is 1. The van der Waals surface area contributed by atoms with Crippen LogP contribution in [0.15, 0.2) is 12.3 Å². The summed E-state index contributed by atoms with van der Waals surface area (Å²) in [5, 5.41) is 4.24. The summed E-state index contributed by atoms with van der Waals surface area (Å²) in [6.45, 7) is 2.27. The zero-order chi connectivity index (χ0) is 13.1. The average Bonchev–Trinajstić information content (AvgIpc) is 2.75. The van der Waals surface area contributed by atoms with Gasteiger partial charge in [0.25, 0.3) is 0 Å². The van der Waals surface area contributed by atoms with Crippen LogP contribution in [0.2, 0.25) is 0 Å². The summed E-state index contributed by atoms with van der Waals surface area (Å²) in [5.74, 6) is 1.89. The highest BCUT2D eigenvalue weighted by Gasteiger charge is 2.26. The summed E-state index contributed by atoms with van der Waals surface area (Å²) in [7, 11) is 5.74. The number of hydrogen-bond acceptors (Lipinski definition) is 5. The van der Waals surface area contributed by atoms with Crippen LogP contribution in [0, 0.1) is 0 Å². The zero-order valence-corrected chi connectivity index (χ0v) is 12.3. The van der Waals surface area contributed by atoms with Gasteiger partial charge in [0.15, 0.2) is 0 Å². The largest absolute Gasteiger partial charge is 0.479 e. The zero-order valence-electron chi connectivity index (χ0n) is 11.4. The Morgan fingerprint density at radius 1 is 1.50 bits per heavy atom. The first-order chi connectivity index (χ1) is 8.63. The molecule has 0 saturated carbocycles. The maximum Gasteiger partial charge on any atom is 0.239 e. The van der Waals surface area contributed by atoms with E-state index in [9.17, 15) is 0 Å². The van der Waals surface area contributed by atoms with Crippen molar-refractivity contribution in [3.63, 3.8) is 0 Å². The standard InChI is InChI=1S/C13H21N3OS/c1-9-10(6-8-18-9)15-12-11(16(2)3)5-7-14-13(12)17-4/h5,7,9-10,15H,6,8H2,1-4H3. The van der Waals surface area contributed by atoms with Crippen molar-refractivity contribution in [1.29, 1.82) is 0 Å². The van der Waals surface area contributed by atoms with Gasteiger partial charge in [-0.05, 0) is 18.2 Å². The van der Waals surface area contributed by atoms with E-state index in [1.807, 2.05) is 31.9 Å². The Labute approximate surface area is 113 Å². The fourth-order valence-electron chi connectivity index (χ4n) is 2.20. The molecule has 4 nitrogen and oxygen atoms in total. The molecule has 0 radical (unpaired) electrons. The van der Waals surface area contributed by atoms with Gasteiger partial charge in [-0.1, -0.05) is 6.92 Å². The molecule has 18 heavy (non-hydrogen) atoms. The molecule has 2 rings (SSSR count). The lowest BCUT2D eigenvalue weighted by Gasteiger charge is -2.24. The molecule has 0 spiro atoms. The molecule has 1 aromatic heterocycles. The predicted octanol–water partition coefficient (Wildman–Crippen LogP) is 2.46. The molecule has 1 aliphatic heterocycles. The number of ether oxygens (including phenoxy) is 1. The van der Waals surface area contributed by atoms with Crippen molar-refractivity contribution >= 4 is 23.1 Å². The number of rotatable bonds is 4. The number of nitrogens with one attached hydrogen (secondary N) is 1. The second-order valence-electron chi connectivity index (χ2n) is 4.72. The van der Waals surface area contributed by atoms with Gasteiger partial charge in [-0.2, -0.15) is 11.8 Å². The normalized spacial score (nSPS) is 22.9. The molecular formula is C13H21N3OS. The average molecular weight is 267 g/mol. The van der Waals surface area contributed by atoms with Crippen molar-refractivity contribution in [3.8, 4) is 5.88 Å². The van der Waals surface area contributed by atoms with E-state index in [4.69, 9.17) is 4.74 Å². The second-order valence-corrected chi connectivity index (χ2v) is 6.21. The lowest BCUT2D eigenvalue weighted by Crippen LogP contribution is -2.26. The van der Waals surface area contributed by atoms with Gasteiger partial charge in [-0.15, -0.1) is 0 Å². The molecule has 1 aliphatic rings. The topological polar surface area (TPSA) is 37.4 Å². The van der Waals surface area contributed by atoms with Crippen LogP contribution in [0.25, 0.3) is 0 Å². The first-order valence-corrected chi connectivity index (χ1v) is 7.26. The molecule has 5 heteroatoms. The first-order valence-electron chi connectivity index (χ1n) is 6.22. The maximum atomic E-state index is 5.37. The van der Waals surface area contributed by atoms with Gasteiger partial charge in [0.2, 0.25) is 5.88 Å². The summed E-state index contributed by atoms with van der Waals surface area (Å²) in [6, 6.07) is 2.50. The Kier molecular flexibility index (Phi) is 4.22. The first kappa shape index (κ1) is 13.3. The summed E-state index contributed by atoms with van der Waals surface area (Å²) in [4.78, 5) is 6.37. The van der Waals surface area contributed by atoms with Crippen molar-refractivity contribution in [1.82, 2.24) is 4.98 Å². The Morgan fingerprint density at radius 3 is 2.83 bits per heavy atom. The van der Waals surface area contributed by atoms with Gasteiger partial charge in [0, 0.05) is 31.6 Å². The predicted molar refractivity (Wildman–Crippen MR) is 79.1 cm³/mol. The van der Waals surface area contributed by atoms with Gasteiger partial charge in [-0.3, -0.25) is 0 Å². The van der Waals surface area contributed by atoms with E-state index in [0.717, 1.165) is 11.4 Å². The lowest BCUT2D eigenvalue weighted by molar-refractivity contribution is 0.399. The van der Waals surface area contributed by atoms with E-state index in [1.54, 1.807) is 13.3 Å². The molecular weight excluding hydrogens is 246 g/mol. The van der Waals surface area contributed by atoms with E-state index in [-0.39, 0.29) is 0 Å². The molecule has 0 aromatic carbocycles. The summed E-state index contributed by atoms with van der Waals surface area (Å²) in [5.41, 5.74) is 2.12. The Bertz CT molecular complexity index is 411. The number of methoxy groups -OCH3 is 1.